The average Bonchev–Trinajstić information content (AvgIpc) is 2.89. The molecule has 0 fully saturated rings. The second-order valence-electron chi connectivity index (χ2n) is 13.3. The Morgan fingerprint density at radius 2 is 1.67 bits per heavy atom. The van der Waals surface area contributed by atoms with Crippen molar-refractivity contribution in [2.75, 3.05) is 34.0 Å². The highest BCUT2D eigenvalue weighted by atomic mass is 16.6. The molecular formula is C33H59N3O6. The number of benzene rings is 1. The lowest BCUT2D eigenvalue weighted by atomic mass is 9.74. The van der Waals surface area contributed by atoms with Crippen LogP contribution in [0.5, 0.6) is 11.5 Å². The summed E-state index contributed by atoms with van der Waals surface area (Å²) in [6, 6.07) is 5.73. The van der Waals surface area contributed by atoms with Gasteiger partial charge in [0.05, 0.1) is 19.6 Å². The zero-order valence-electron chi connectivity index (χ0n) is 27.8. The van der Waals surface area contributed by atoms with Crippen LogP contribution in [-0.4, -0.2) is 58.1 Å². The van der Waals surface area contributed by atoms with Gasteiger partial charge in [-0.25, -0.2) is 4.79 Å². The third-order valence-electron chi connectivity index (χ3n) is 7.84. The second-order valence-corrected chi connectivity index (χ2v) is 13.3. The number of hydrogen-bond acceptors (Lipinski definition) is 7. The summed E-state index contributed by atoms with van der Waals surface area (Å²) in [6.45, 7) is 17.9. The zero-order valence-corrected chi connectivity index (χ0v) is 27.8. The second kappa shape index (κ2) is 18.2. The van der Waals surface area contributed by atoms with Gasteiger partial charge in [-0.05, 0) is 60.1 Å². The lowest BCUT2D eigenvalue weighted by Gasteiger charge is -2.38. The first-order valence-corrected chi connectivity index (χ1v) is 15.4. The molecule has 0 aliphatic rings. The number of methoxy groups -OCH3 is 2. The van der Waals surface area contributed by atoms with Crippen LogP contribution in [0, 0.1) is 35.0 Å². The van der Waals surface area contributed by atoms with Gasteiger partial charge in [0, 0.05) is 38.6 Å². The molecule has 5 atom stereocenters. The smallest absolute Gasteiger partial charge is 0.407 e. The Morgan fingerprint density at radius 3 is 2.17 bits per heavy atom. The van der Waals surface area contributed by atoms with Gasteiger partial charge in [-0.1, -0.05) is 61.5 Å². The van der Waals surface area contributed by atoms with E-state index in [1.165, 1.54) is 0 Å². The number of nitrogens with one attached hydrogen (secondary N) is 1. The molecule has 0 spiro atoms. The van der Waals surface area contributed by atoms with E-state index in [1.54, 1.807) is 14.2 Å². The minimum absolute atomic E-state index is 0.114. The molecule has 1 aromatic carbocycles. The van der Waals surface area contributed by atoms with Gasteiger partial charge in [-0.2, -0.15) is 0 Å². The van der Waals surface area contributed by atoms with E-state index in [-0.39, 0.29) is 29.2 Å². The van der Waals surface area contributed by atoms with Crippen molar-refractivity contribution in [2.24, 2.45) is 46.5 Å². The van der Waals surface area contributed by atoms with Gasteiger partial charge in [0.1, 0.15) is 6.10 Å². The van der Waals surface area contributed by atoms with Gasteiger partial charge in [-0.3, -0.25) is 4.79 Å². The lowest BCUT2D eigenvalue weighted by molar-refractivity contribution is -0.129. The molecule has 1 unspecified atom stereocenters. The molecule has 0 saturated heterocycles. The van der Waals surface area contributed by atoms with Gasteiger partial charge in [-0.15, -0.1) is 0 Å². The summed E-state index contributed by atoms with van der Waals surface area (Å²) >= 11 is 0. The van der Waals surface area contributed by atoms with Crippen LogP contribution in [0.25, 0.3) is 0 Å². The van der Waals surface area contributed by atoms with Crippen LogP contribution < -0.4 is 26.3 Å². The van der Waals surface area contributed by atoms with E-state index in [9.17, 15) is 9.59 Å². The van der Waals surface area contributed by atoms with Gasteiger partial charge in [0.2, 0.25) is 5.91 Å². The molecule has 0 bridgehead atoms. The molecule has 42 heavy (non-hydrogen) atoms. The summed E-state index contributed by atoms with van der Waals surface area (Å²) in [7, 11) is 3.31. The number of rotatable bonds is 19. The van der Waals surface area contributed by atoms with Gasteiger partial charge < -0.3 is 35.7 Å². The van der Waals surface area contributed by atoms with Crippen LogP contribution in [0.3, 0.4) is 0 Å². The molecule has 0 saturated carbocycles. The maximum Gasteiger partial charge on any atom is 0.407 e. The molecule has 0 heterocycles. The number of primary amides is 1. The molecule has 9 heteroatoms. The molecule has 1 rings (SSSR count). The first kappa shape index (κ1) is 37.5. The van der Waals surface area contributed by atoms with Crippen molar-refractivity contribution < 1.29 is 28.5 Å². The summed E-state index contributed by atoms with van der Waals surface area (Å²) in [5, 5.41) is 2.85. The first-order valence-electron chi connectivity index (χ1n) is 15.4. The Kier molecular flexibility index (Phi) is 16.3. The highest BCUT2D eigenvalue weighted by Crippen LogP contribution is 2.34. The molecule has 9 nitrogen and oxygen atoms in total. The lowest BCUT2D eigenvalue weighted by Crippen LogP contribution is -2.51. The molecule has 0 aliphatic carbocycles. The summed E-state index contributed by atoms with van der Waals surface area (Å²) in [5.41, 5.74) is 13.8. The Labute approximate surface area is 254 Å². The summed E-state index contributed by atoms with van der Waals surface area (Å²) in [6.07, 6.45) is 1.63. The van der Waals surface area contributed by atoms with Crippen molar-refractivity contribution >= 4 is 12.0 Å². The number of alkyl carbamates (subject to hydrolysis) is 1. The maximum atomic E-state index is 12.9. The van der Waals surface area contributed by atoms with E-state index in [2.05, 4.69) is 25.2 Å². The molecule has 0 aromatic heterocycles. The van der Waals surface area contributed by atoms with Gasteiger partial charge >= 0.3 is 6.09 Å². The summed E-state index contributed by atoms with van der Waals surface area (Å²) in [5.74, 6) is 0.475. The Hall–Kier alpha value is -2.52. The Bertz CT molecular complexity index is 946. The fourth-order valence-electron chi connectivity index (χ4n) is 5.34. The van der Waals surface area contributed by atoms with E-state index < -0.39 is 24.0 Å². The highest BCUT2D eigenvalue weighted by molar-refractivity contribution is 5.78. The fraction of sp³-hybridized carbons (Fsp3) is 0.758. The van der Waals surface area contributed by atoms with Crippen LogP contribution >= 0.6 is 0 Å². The molecule has 5 N–H and O–H groups in total. The quantitative estimate of drug-likeness (QED) is 0.179. The number of ether oxygens (including phenoxy) is 4. The minimum atomic E-state index is -0.733. The third kappa shape index (κ3) is 12.8. The standard InChI is InChI=1S/C33H59N3O6/c1-11-25(30(29(22(4)5)31(35)37)42-32(38)36-20-33(6,7)8)26(34)19-24(21(2)3)17-23-13-14-27(40-10)28(18-23)41-16-12-15-39-9/h13-14,18,21-22,24-26,29-30H,11-12,15-17,19-20,34H2,1-10H3,(H2,35,37)(H,36,38)/t24-,25+,26-,29+,30?/m0/s1. The first-order chi connectivity index (χ1) is 19.6. The average molecular weight is 594 g/mol. The summed E-state index contributed by atoms with van der Waals surface area (Å²) in [4.78, 5) is 25.5. The zero-order chi connectivity index (χ0) is 32.0. The molecule has 0 radical (unpaired) electrons. The van der Waals surface area contributed by atoms with E-state index >= 15 is 0 Å². The minimum Gasteiger partial charge on any atom is -0.493 e. The van der Waals surface area contributed by atoms with Gasteiger partial charge in [0.15, 0.2) is 11.5 Å². The number of amides is 2. The van der Waals surface area contributed by atoms with Crippen LogP contribution in [0.1, 0.15) is 80.2 Å². The van der Waals surface area contributed by atoms with Crippen molar-refractivity contribution in [1.29, 1.82) is 0 Å². The molecular weight excluding hydrogens is 534 g/mol. The van der Waals surface area contributed by atoms with Crippen LogP contribution in [0.2, 0.25) is 0 Å². The predicted molar refractivity (Wildman–Crippen MR) is 169 cm³/mol. The number of nitrogens with two attached hydrogens (primary N) is 2. The largest absolute Gasteiger partial charge is 0.493 e. The van der Waals surface area contributed by atoms with Crippen LogP contribution in [0.15, 0.2) is 18.2 Å². The fourth-order valence-corrected chi connectivity index (χ4v) is 5.34. The van der Waals surface area contributed by atoms with Crippen molar-refractivity contribution in [1.82, 2.24) is 5.32 Å². The topological polar surface area (TPSA) is 135 Å². The monoisotopic (exact) mass is 593 g/mol. The Morgan fingerprint density at radius 1 is 1.00 bits per heavy atom. The molecule has 0 aliphatic heterocycles. The molecule has 1 aromatic rings. The molecule has 2 amide bonds. The summed E-state index contributed by atoms with van der Waals surface area (Å²) < 4.78 is 22.6. The van der Waals surface area contributed by atoms with E-state index in [0.717, 1.165) is 18.4 Å². The van der Waals surface area contributed by atoms with Crippen molar-refractivity contribution in [3.8, 4) is 11.5 Å². The van der Waals surface area contributed by atoms with E-state index in [1.807, 2.05) is 53.7 Å². The Balaban J connectivity index is 3.20. The molecule has 242 valence electrons. The SMILES string of the molecule is CC[C@@H](C(OC(=O)NCC(C)(C)C)[C@H](C(N)=O)C(C)C)[C@@H](N)C[C@H](Cc1ccc(OC)c(OCCCOC)c1)C(C)C. The van der Waals surface area contributed by atoms with Crippen molar-refractivity contribution in [3.05, 3.63) is 23.8 Å². The van der Waals surface area contributed by atoms with Crippen molar-refractivity contribution in [2.45, 2.75) is 93.2 Å². The van der Waals surface area contributed by atoms with Crippen LogP contribution in [0.4, 0.5) is 4.79 Å². The third-order valence-corrected chi connectivity index (χ3v) is 7.84. The van der Waals surface area contributed by atoms with Crippen LogP contribution in [-0.2, 0) is 20.7 Å². The maximum absolute atomic E-state index is 12.9. The predicted octanol–water partition coefficient (Wildman–Crippen LogP) is 5.57. The number of hydrogen-bond donors (Lipinski definition) is 3. The van der Waals surface area contributed by atoms with Gasteiger partial charge in [0.25, 0.3) is 0 Å². The highest BCUT2D eigenvalue weighted by Gasteiger charge is 2.41. The van der Waals surface area contributed by atoms with Crippen molar-refractivity contribution in [3.63, 3.8) is 0 Å². The van der Waals surface area contributed by atoms with E-state index in [0.29, 0.717) is 50.0 Å². The normalized spacial score (nSPS) is 15.5. The number of carbonyl (C=O) groups excluding carboxylic acids is 2. The van der Waals surface area contributed by atoms with E-state index in [4.69, 9.17) is 30.4 Å². The number of carbonyl (C=O) groups is 2.